The van der Waals surface area contributed by atoms with E-state index in [1.54, 1.807) is 6.92 Å². The van der Waals surface area contributed by atoms with Crippen molar-refractivity contribution in [1.82, 2.24) is 5.06 Å². The minimum absolute atomic E-state index is 0.0899. The largest absolute Gasteiger partial charge is 0.555 e. The number of rotatable bonds is 9. The van der Waals surface area contributed by atoms with Crippen molar-refractivity contribution in [2.24, 2.45) is 0 Å². The fourth-order valence-corrected chi connectivity index (χ4v) is 1.55. The number of carbonyl (C=O) groups is 4. The zero-order chi connectivity index (χ0) is 17.7. The van der Waals surface area contributed by atoms with Crippen LogP contribution in [0.1, 0.15) is 45.4 Å². The van der Waals surface area contributed by atoms with Crippen LogP contribution in [-0.4, -0.2) is 41.8 Å². The standard InChI is InChI=1S/C9H12NO5.C6H11O2/c1-14-6-2-3-9(13)15-10-7(11)4-5-8(10)12;1-6(7)4-3-5-8-2/h1-6H2;2-5H2,1H3/q2*-1. The van der Waals surface area contributed by atoms with Gasteiger partial charge in [0.05, 0.1) is 6.42 Å². The fourth-order valence-electron chi connectivity index (χ4n) is 1.55. The molecule has 132 valence electrons. The Morgan fingerprint density at radius 3 is 1.91 bits per heavy atom. The van der Waals surface area contributed by atoms with Crippen molar-refractivity contribution in [2.75, 3.05) is 13.2 Å². The highest BCUT2D eigenvalue weighted by molar-refractivity contribution is 6.01. The molecule has 1 aliphatic rings. The van der Waals surface area contributed by atoms with Gasteiger partial charge in [-0.25, -0.2) is 19.0 Å². The molecule has 0 aliphatic carbocycles. The molecular weight excluding hydrogens is 306 g/mol. The molecule has 1 rings (SSSR count). The number of Topliss-reactive ketones (excluding diaryl/α,β-unsaturated/α-hetero) is 1. The Hall–Kier alpha value is -1.80. The maximum absolute atomic E-state index is 11.1. The Labute approximate surface area is 136 Å². The smallest absolute Gasteiger partial charge is 0.333 e. The van der Waals surface area contributed by atoms with Gasteiger partial charge in [-0.15, -0.1) is 5.06 Å². The summed E-state index contributed by atoms with van der Waals surface area (Å²) in [6, 6.07) is 0. The summed E-state index contributed by atoms with van der Waals surface area (Å²) in [7, 11) is 6.31. The molecule has 0 aromatic heterocycles. The number of amides is 2. The summed E-state index contributed by atoms with van der Waals surface area (Å²) in [5.74, 6) is -1.35. The first-order valence-electron chi connectivity index (χ1n) is 7.22. The van der Waals surface area contributed by atoms with E-state index < -0.39 is 17.8 Å². The molecular formula is C15H23NO7-2. The normalized spacial score (nSPS) is 13.6. The van der Waals surface area contributed by atoms with Gasteiger partial charge in [0.15, 0.2) is 0 Å². The molecule has 8 heteroatoms. The molecule has 1 heterocycles. The maximum atomic E-state index is 11.1. The Morgan fingerprint density at radius 2 is 1.48 bits per heavy atom. The van der Waals surface area contributed by atoms with Gasteiger partial charge in [0.2, 0.25) is 0 Å². The third-order valence-electron chi connectivity index (χ3n) is 2.69. The van der Waals surface area contributed by atoms with Crippen molar-refractivity contribution in [1.29, 1.82) is 0 Å². The average Bonchev–Trinajstić information content (AvgIpc) is 2.80. The van der Waals surface area contributed by atoms with Gasteiger partial charge in [0.1, 0.15) is 5.78 Å². The van der Waals surface area contributed by atoms with E-state index in [9.17, 15) is 19.2 Å². The average molecular weight is 329 g/mol. The van der Waals surface area contributed by atoms with E-state index in [1.165, 1.54) is 0 Å². The van der Waals surface area contributed by atoms with E-state index in [1.807, 2.05) is 0 Å². The van der Waals surface area contributed by atoms with Crippen LogP contribution in [0, 0.1) is 14.2 Å². The Kier molecular flexibility index (Phi) is 11.7. The molecule has 0 unspecified atom stereocenters. The maximum Gasteiger partial charge on any atom is 0.333 e. The topological polar surface area (TPSA) is 99.2 Å². The number of hydrogen-bond donors (Lipinski definition) is 0. The number of imide groups is 1. The third-order valence-corrected chi connectivity index (χ3v) is 2.69. The van der Waals surface area contributed by atoms with Crippen LogP contribution in [-0.2, 0) is 33.5 Å². The van der Waals surface area contributed by atoms with Crippen LogP contribution in [0.15, 0.2) is 0 Å². The second kappa shape index (κ2) is 12.7. The van der Waals surface area contributed by atoms with Crippen LogP contribution in [0.5, 0.6) is 0 Å². The summed E-state index contributed by atoms with van der Waals surface area (Å²) in [6.07, 6.45) is 2.14. The lowest BCUT2D eigenvalue weighted by Gasteiger charge is -2.12. The first-order chi connectivity index (χ1) is 10.9. The van der Waals surface area contributed by atoms with E-state index in [-0.39, 0.29) is 25.0 Å². The Bertz CT molecular complexity index is 393. The second-order valence-electron chi connectivity index (χ2n) is 4.77. The number of ether oxygens (including phenoxy) is 2. The van der Waals surface area contributed by atoms with Crippen molar-refractivity contribution >= 4 is 23.6 Å². The number of hydrogen-bond acceptors (Lipinski definition) is 7. The molecule has 0 aromatic rings. The molecule has 0 atom stereocenters. The fraction of sp³-hybridized carbons (Fsp3) is 0.600. The zero-order valence-electron chi connectivity index (χ0n) is 13.4. The highest BCUT2D eigenvalue weighted by atomic mass is 16.7. The lowest BCUT2D eigenvalue weighted by atomic mass is 10.2. The molecule has 0 N–H and O–H groups in total. The van der Waals surface area contributed by atoms with Crippen LogP contribution < -0.4 is 0 Å². The second-order valence-corrected chi connectivity index (χ2v) is 4.77. The van der Waals surface area contributed by atoms with Crippen molar-refractivity contribution < 1.29 is 33.5 Å². The number of ketones is 1. The number of nitrogens with zero attached hydrogens (tertiary/aromatic N) is 1. The molecule has 0 bridgehead atoms. The third kappa shape index (κ3) is 10.5. The predicted octanol–water partition coefficient (Wildman–Crippen LogP) is 1.35. The monoisotopic (exact) mass is 329 g/mol. The minimum Gasteiger partial charge on any atom is -0.555 e. The summed E-state index contributed by atoms with van der Waals surface area (Å²) >= 11 is 0. The van der Waals surface area contributed by atoms with E-state index in [0.29, 0.717) is 31.1 Å². The van der Waals surface area contributed by atoms with Gasteiger partial charge in [0, 0.05) is 32.5 Å². The van der Waals surface area contributed by atoms with Gasteiger partial charge >= 0.3 is 5.97 Å². The van der Waals surface area contributed by atoms with E-state index in [2.05, 4.69) is 28.5 Å². The molecule has 1 aliphatic heterocycles. The number of carbonyl (C=O) groups excluding carboxylic acids is 4. The van der Waals surface area contributed by atoms with E-state index in [0.717, 1.165) is 6.42 Å². The molecule has 1 fully saturated rings. The summed E-state index contributed by atoms with van der Waals surface area (Å²) < 4.78 is 8.99. The predicted molar refractivity (Wildman–Crippen MR) is 78.9 cm³/mol. The quantitative estimate of drug-likeness (QED) is 0.357. The van der Waals surface area contributed by atoms with Gasteiger partial charge in [-0.05, 0) is 19.8 Å². The van der Waals surface area contributed by atoms with Crippen LogP contribution >= 0.6 is 0 Å². The summed E-state index contributed by atoms with van der Waals surface area (Å²) in [5, 5.41) is 0.535. The van der Waals surface area contributed by atoms with Crippen molar-refractivity contribution in [3.63, 3.8) is 0 Å². The number of hydroxylamine groups is 2. The van der Waals surface area contributed by atoms with Crippen LogP contribution in [0.2, 0.25) is 0 Å². The van der Waals surface area contributed by atoms with Gasteiger partial charge < -0.3 is 19.1 Å². The lowest BCUT2D eigenvalue weighted by Crippen LogP contribution is -2.32. The molecule has 0 saturated carbocycles. The molecule has 0 radical (unpaired) electrons. The zero-order valence-corrected chi connectivity index (χ0v) is 13.4. The Morgan fingerprint density at radius 1 is 1.00 bits per heavy atom. The molecule has 8 nitrogen and oxygen atoms in total. The van der Waals surface area contributed by atoms with Crippen LogP contribution in [0.3, 0.4) is 0 Å². The van der Waals surface area contributed by atoms with Gasteiger partial charge in [-0.1, -0.05) is 0 Å². The van der Waals surface area contributed by atoms with Gasteiger partial charge in [-0.3, -0.25) is 9.59 Å². The highest BCUT2D eigenvalue weighted by Crippen LogP contribution is 2.12. The van der Waals surface area contributed by atoms with E-state index in [4.69, 9.17) is 0 Å². The first kappa shape index (κ1) is 21.2. The first-order valence-corrected chi connectivity index (χ1v) is 7.22. The molecule has 0 aromatic carbocycles. The summed E-state index contributed by atoms with van der Waals surface area (Å²) in [6.45, 7) is 2.49. The molecule has 2 amide bonds. The Balaban J connectivity index is 0.000000515. The van der Waals surface area contributed by atoms with Crippen LogP contribution in [0.25, 0.3) is 0 Å². The summed E-state index contributed by atoms with van der Waals surface area (Å²) in [5.41, 5.74) is 0. The van der Waals surface area contributed by atoms with Crippen molar-refractivity contribution in [3.05, 3.63) is 14.2 Å². The van der Waals surface area contributed by atoms with Crippen molar-refractivity contribution in [3.8, 4) is 0 Å². The minimum atomic E-state index is -0.615. The summed E-state index contributed by atoms with van der Waals surface area (Å²) in [4.78, 5) is 48.1. The SMILES string of the molecule is [CH2-]OCCCC(=O)ON1C(=O)CCC1=O.[CH2-]OCCCC(C)=O. The molecule has 0 spiro atoms. The lowest BCUT2D eigenvalue weighted by molar-refractivity contribution is -0.197. The van der Waals surface area contributed by atoms with E-state index >= 15 is 0 Å². The van der Waals surface area contributed by atoms with Gasteiger partial charge in [0.25, 0.3) is 11.8 Å². The van der Waals surface area contributed by atoms with Crippen molar-refractivity contribution in [2.45, 2.75) is 45.4 Å². The van der Waals surface area contributed by atoms with Crippen LogP contribution in [0.4, 0.5) is 0 Å². The molecule has 1 saturated heterocycles. The van der Waals surface area contributed by atoms with Gasteiger partial charge in [-0.2, -0.15) is 0 Å². The highest BCUT2D eigenvalue weighted by Gasteiger charge is 2.32. The molecule has 23 heavy (non-hydrogen) atoms.